The number of anilines is 1. The van der Waals surface area contributed by atoms with E-state index in [-0.39, 0.29) is 0 Å². The summed E-state index contributed by atoms with van der Waals surface area (Å²) in [5.41, 5.74) is 5.34. The van der Waals surface area contributed by atoms with Gasteiger partial charge >= 0.3 is 0 Å². The largest absolute Gasteiger partial charge is 0.358 e. The Hall–Kier alpha value is -2.68. The average molecular weight is 387 g/mol. The van der Waals surface area contributed by atoms with Crippen LogP contribution in [0.1, 0.15) is 36.4 Å². The van der Waals surface area contributed by atoms with Crippen LogP contribution >= 0.6 is 12.2 Å². The minimum atomic E-state index is 0.563. The number of rotatable bonds is 7. The number of hydrogen-bond donors (Lipinski definition) is 2. The summed E-state index contributed by atoms with van der Waals surface area (Å²) in [4.78, 5) is 0. The normalized spacial score (nSPS) is 11.0. The maximum atomic E-state index is 5.39. The van der Waals surface area contributed by atoms with Crippen molar-refractivity contribution in [1.29, 1.82) is 0 Å². The van der Waals surface area contributed by atoms with Crippen molar-refractivity contribution in [2.45, 2.75) is 53.9 Å². The fourth-order valence-electron chi connectivity index (χ4n) is 2.89. The summed E-state index contributed by atoms with van der Waals surface area (Å²) in [6, 6.07) is 0. The van der Waals surface area contributed by atoms with Crippen molar-refractivity contribution in [3.8, 4) is 0 Å². The van der Waals surface area contributed by atoms with Gasteiger partial charge < -0.3 is 10.6 Å². The van der Waals surface area contributed by atoms with Gasteiger partial charge in [0.15, 0.2) is 5.11 Å². The van der Waals surface area contributed by atoms with E-state index >= 15 is 0 Å². The number of aryl methyl sites for hydroxylation is 3. The molecule has 3 aromatic rings. The van der Waals surface area contributed by atoms with Crippen LogP contribution in [0.2, 0.25) is 0 Å². The molecule has 3 heterocycles. The molecule has 2 N–H and O–H groups in total. The summed E-state index contributed by atoms with van der Waals surface area (Å²) >= 11 is 5.39. The Morgan fingerprint density at radius 2 is 1.85 bits per heavy atom. The molecule has 3 aromatic heterocycles. The SMILES string of the molecule is CCn1cc(CNC(=S)Nc2cnn(Cc3cnn(CC)c3C)c2)c(C)n1. The van der Waals surface area contributed by atoms with E-state index < -0.39 is 0 Å². The molecule has 0 saturated heterocycles. The summed E-state index contributed by atoms with van der Waals surface area (Å²) in [5, 5.41) is 20.2. The number of hydrogen-bond acceptors (Lipinski definition) is 4. The first-order valence-electron chi connectivity index (χ1n) is 9.11. The number of aromatic nitrogens is 6. The summed E-state index contributed by atoms with van der Waals surface area (Å²) in [5.74, 6) is 0. The number of nitrogens with zero attached hydrogens (tertiary/aromatic N) is 6. The van der Waals surface area contributed by atoms with Crippen LogP contribution in [0.4, 0.5) is 5.69 Å². The number of thiocarbonyl (C=S) groups is 1. The Morgan fingerprint density at radius 3 is 2.52 bits per heavy atom. The van der Waals surface area contributed by atoms with Gasteiger partial charge in [0.2, 0.25) is 0 Å². The van der Waals surface area contributed by atoms with Gasteiger partial charge in [0.25, 0.3) is 0 Å². The summed E-state index contributed by atoms with van der Waals surface area (Å²) < 4.78 is 5.79. The highest BCUT2D eigenvalue weighted by molar-refractivity contribution is 7.80. The van der Waals surface area contributed by atoms with E-state index in [4.69, 9.17) is 12.2 Å². The van der Waals surface area contributed by atoms with Crippen LogP contribution in [0.5, 0.6) is 0 Å². The van der Waals surface area contributed by atoms with E-state index in [1.165, 1.54) is 5.69 Å². The monoisotopic (exact) mass is 386 g/mol. The molecule has 0 spiro atoms. The van der Waals surface area contributed by atoms with E-state index in [9.17, 15) is 0 Å². The smallest absolute Gasteiger partial charge is 0.171 e. The Balaban J connectivity index is 1.54. The Morgan fingerprint density at radius 1 is 1.04 bits per heavy atom. The van der Waals surface area contributed by atoms with Crippen LogP contribution in [0.25, 0.3) is 0 Å². The molecule has 27 heavy (non-hydrogen) atoms. The molecule has 144 valence electrons. The van der Waals surface area contributed by atoms with Crippen molar-refractivity contribution >= 4 is 23.0 Å². The third-order valence-electron chi connectivity index (χ3n) is 4.54. The highest BCUT2D eigenvalue weighted by Gasteiger charge is 2.08. The van der Waals surface area contributed by atoms with E-state index in [0.717, 1.165) is 35.6 Å². The lowest BCUT2D eigenvalue weighted by molar-refractivity contribution is 0.633. The van der Waals surface area contributed by atoms with Crippen LogP contribution in [0.3, 0.4) is 0 Å². The predicted molar refractivity (Wildman–Crippen MR) is 110 cm³/mol. The van der Waals surface area contributed by atoms with Gasteiger partial charge in [-0.15, -0.1) is 0 Å². The lowest BCUT2D eigenvalue weighted by Gasteiger charge is -2.08. The van der Waals surface area contributed by atoms with Crippen LogP contribution in [0, 0.1) is 13.8 Å². The molecule has 0 aliphatic heterocycles. The molecule has 0 bridgehead atoms. The average Bonchev–Trinajstić information content (AvgIpc) is 3.34. The molecule has 0 saturated carbocycles. The zero-order chi connectivity index (χ0) is 19.4. The lowest BCUT2D eigenvalue weighted by Crippen LogP contribution is -2.27. The second-order valence-corrected chi connectivity index (χ2v) is 6.81. The van der Waals surface area contributed by atoms with Crippen molar-refractivity contribution in [1.82, 2.24) is 34.7 Å². The molecule has 0 aliphatic carbocycles. The van der Waals surface area contributed by atoms with Crippen LogP contribution in [0.15, 0.2) is 24.8 Å². The molecule has 0 atom stereocenters. The van der Waals surface area contributed by atoms with E-state index in [1.54, 1.807) is 6.20 Å². The van der Waals surface area contributed by atoms with Crippen molar-refractivity contribution in [3.05, 3.63) is 47.3 Å². The molecule has 0 aromatic carbocycles. The molecular weight excluding hydrogens is 360 g/mol. The van der Waals surface area contributed by atoms with Crippen LogP contribution in [-0.4, -0.2) is 34.5 Å². The molecule has 0 aliphatic rings. The summed E-state index contributed by atoms with van der Waals surface area (Å²) in [6.45, 7) is 11.3. The van der Waals surface area contributed by atoms with E-state index in [0.29, 0.717) is 18.2 Å². The minimum Gasteiger partial charge on any atom is -0.358 e. The number of nitrogens with one attached hydrogen (secondary N) is 2. The molecule has 0 radical (unpaired) electrons. The Kier molecular flexibility index (Phi) is 5.90. The van der Waals surface area contributed by atoms with Gasteiger partial charge in [0.1, 0.15) is 0 Å². The van der Waals surface area contributed by atoms with Crippen molar-refractivity contribution in [2.75, 3.05) is 5.32 Å². The van der Waals surface area contributed by atoms with Crippen LogP contribution in [-0.2, 0) is 26.2 Å². The predicted octanol–water partition coefficient (Wildman–Crippen LogP) is 2.47. The molecule has 0 unspecified atom stereocenters. The Bertz CT molecular complexity index is 920. The molecular formula is C18H26N8S. The summed E-state index contributed by atoms with van der Waals surface area (Å²) in [6.07, 6.45) is 7.66. The van der Waals surface area contributed by atoms with Gasteiger partial charge in [-0.2, -0.15) is 15.3 Å². The molecule has 8 nitrogen and oxygen atoms in total. The second-order valence-electron chi connectivity index (χ2n) is 6.40. The first kappa shape index (κ1) is 19.1. The second kappa shape index (κ2) is 8.34. The molecule has 0 fully saturated rings. The maximum Gasteiger partial charge on any atom is 0.171 e. The molecule has 0 amide bonds. The third kappa shape index (κ3) is 4.54. The van der Waals surface area contributed by atoms with Crippen molar-refractivity contribution < 1.29 is 0 Å². The fourth-order valence-corrected chi connectivity index (χ4v) is 3.08. The zero-order valence-corrected chi connectivity index (χ0v) is 17.0. The van der Waals surface area contributed by atoms with Crippen molar-refractivity contribution in [3.63, 3.8) is 0 Å². The van der Waals surface area contributed by atoms with Gasteiger partial charge in [0.05, 0.1) is 30.3 Å². The van der Waals surface area contributed by atoms with Gasteiger partial charge in [-0.25, -0.2) is 0 Å². The highest BCUT2D eigenvalue weighted by Crippen LogP contribution is 2.12. The topological polar surface area (TPSA) is 77.5 Å². The van der Waals surface area contributed by atoms with Gasteiger partial charge in [0, 0.05) is 48.8 Å². The quantitative estimate of drug-likeness (QED) is 0.608. The lowest BCUT2D eigenvalue weighted by atomic mass is 10.2. The van der Waals surface area contributed by atoms with Gasteiger partial charge in [-0.05, 0) is 39.9 Å². The van der Waals surface area contributed by atoms with Gasteiger partial charge in [-0.3, -0.25) is 14.0 Å². The van der Waals surface area contributed by atoms with Crippen LogP contribution < -0.4 is 10.6 Å². The van der Waals surface area contributed by atoms with E-state index in [1.807, 2.05) is 39.6 Å². The Labute approximate surface area is 164 Å². The first-order valence-corrected chi connectivity index (χ1v) is 9.52. The summed E-state index contributed by atoms with van der Waals surface area (Å²) in [7, 11) is 0. The highest BCUT2D eigenvalue weighted by atomic mass is 32.1. The third-order valence-corrected chi connectivity index (χ3v) is 4.79. The van der Waals surface area contributed by atoms with E-state index in [2.05, 4.69) is 46.7 Å². The first-order chi connectivity index (χ1) is 13.0. The molecule has 3 rings (SSSR count). The zero-order valence-electron chi connectivity index (χ0n) is 16.2. The van der Waals surface area contributed by atoms with Gasteiger partial charge in [-0.1, -0.05) is 0 Å². The minimum absolute atomic E-state index is 0.563. The fraction of sp³-hybridized carbons (Fsp3) is 0.444. The molecule has 9 heteroatoms. The maximum absolute atomic E-state index is 5.39. The standard InChI is InChI=1S/C18H26N8S/c1-5-24-10-15(13(3)23-24)7-19-18(27)22-17-9-20-25(12-17)11-16-8-21-26(6-2)14(16)4/h8-10,12H,5-7,11H2,1-4H3,(H2,19,22,27). The van der Waals surface area contributed by atoms with Crippen molar-refractivity contribution in [2.24, 2.45) is 0 Å².